The van der Waals surface area contributed by atoms with Crippen LogP contribution in [0.15, 0.2) is 29.3 Å². The molecule has 0 unspecified atom stereocenters. The third kappa shape index (κ3) is 7.54. The molecule has 0 fully saturated rings. The molecular formula is C17H28N4O2. The van der Waals surface area contributed by atoms with Gasteiger partial charge in [-0.1, -0.05) is 25.5 Å². The Bertz CT molecular complexity index is 515. The predicted octanol–water partition coefficient (Wildman–Crippen LogP) is 1.62. The Balaban J connectivity index is 2.48. The molecule has 0 saturated carbocycles. The van der Waals surface area contributed by atoms with Crippen molar-refractivity contribution in [1.82, 2.24) is 15.5 Å². The molecule has 2 N–H and O–H groups in total. The van der Waals surface area contributed by atoms with Gasteiger partial charge in [0, 0.05) is 34.2 Å². The zero-order valence-corrected chi connectivity index (χ0v) is 14.6. The maximum atomic E-state index is 11.5. The van der Waals surface area contributed by atoms with Crippen LogP contribution in [0.3, 0.4) is 0 Å². The fourth-order valence-corrected chi connectivity index (χ4v) is 1.81. The van der Waals surface area contributed by atoms with Gasteiger partial charge in [0.2, 0.25) is 0 Å². The number of hydrogen-bond donors (Lipinski definition) is 2. The highest BCUT2D eigenvalue weighted by atomic mass is 16.5. The highest BCUT2D eigenvalue weighted by molar-refractivity contribution is 5.79. The van der Waals surface area contributed by atoms with E-state index in [9.17, 15) is 4.79 Å². The van der Waals surface area contributed by atoms with Crippen LogP contribution in [-0.2, 0) is 11.3 Å². The van der Waals surface area contributed by atoms with E-state index >= 15 is 0 Å². The van der Waals surface area contributed by atoms with Crippen molar-refractivity contribution in [1.29, 1.82) is 0 Å². The summed E-state index contributed by atoms with van der Waals surface area (Å²) in [6.45, 7) is 3.76. The van der Waals surface area contributed by atoms with Gasteiger partial charge < -0.3 is 20.3 Å². The molecule has 0 spiro atoms. The molecule has 0 atom stereocenters. The van der Waals surface area contributed by atoms with Gasteiger partial charge in [0.25, 0.3) is 5.91 Å². The lowest BCUT2D eigenvalue weighted by molar-refractivity contribution is -0.130. The van der Waals surface area contributed by atoms with E-state index in [1.165, 1.54) is 4.90 Å². The number of hydrogen-bond acceptors (Lipinski definition) is 3. The molecule has 1 aromatic rings. The molecule has 0 aliphatic heterocycles. The number of unbranched alkanes of at least 4 members (excludes halogenated alkanes) is 1. The van der Waals surface area contributed by atoms with Gasteiger partial charge in [-0.15, -0.1) is 0 Å². The highest BCUT2D eigenvalue weighted by Crippen LogP contribution is 2.13. The summed E-state index contributed by atoms with van der Waals surface area (Å²) < 4.78 is 5.52. The quantitative estimate of drug-likeness (QED) is 0.434. The van der Waals surface area contributed by atoms with Gasteiger partial charge in [0.1, 0.15) is 5.75 Å². The van der Waals surface area contributed by atoms with Crippen molar-refractivity contribution in [2.24, 2.45) is 4.99 Å². The van der Waals surface area contributed by atoms with Crippen molar-refractivity contribution < 1.29 is 9.53 Å². The Morgan fingerprint density at radius 3 is 2.74 bits per heavy atom. The average molecular weight is 320 g/mol. The first-order chi connectivity index (χ1) is 11.1. The van der Waals surface area contributed by atoms with E-state index in [1.54, 1.807) is 21.1 Å². The van der Waals surface area contributed by atoms with Gasteiger partial charge in [-0.05, 0) is 24.1 Å². The van der Waals surface area contributed by atoms with Gasteiger partial charge in [0.15, 0.2) is 12.6 Å². The molecule has 128 valence electrons. The largest absolute Gasteiger partial charge is 0.484 e. The first-order valence-corrected chi connectivity index (χ1v) is 7.93. The molecule has 1 amide bonds. The van der Waals surface area contributed by atoms with Gasteiger partial charge in [-0.2, -0.15) is 0 Å². The molecule has 6 heteroatoms. The summed E-state index contributed by atoms with van der Waals surface area (Å²) in [5.41, 5.74) is 1.07. The molecule has 23 heavy (non-hydrogen) atoms. The molecule has 0 aliphatic carbocycles. The summed E-state index contributed by atoms with van der Waals surface area (Å²) in [4.78, 5) is 17.2. The molecule has 0 radical (unpaired) electrons. The zero-order valence-electron chi connectivity index (χ0n) is 14.6. The number of carbonyl (C=O) groups is 1. The standard InChI is InChI=1S/C17H28N4O2/c1-5-6-10-19-17(18-2)20-12-14-8-7-9-15(11-14)23-13-16(22)21(3)4/h7-9,11H,5-6,10,12-13H2,1-4H3,(H2,18,19,20). The van der Waals surface area contributed by atoms with E-state index in [1.807, 2.05) is 24.3 Å². The molecule has 0 aliphatic rings. The Hall–Kier alpha value is -2.24. The van der Waals surface area contributed by atoms with Crippen molar-refractivity contribution in [3.05, 3.63) is 29.8 Å². The minimum Gasteiger partial charge on any atom is -0.484 e. The monoisotopic (exact) mass is 320 g/mol. The predicted molar refractivity (Wildman–Crippen MR) is 93.7 cm³/mol. The number of nitrogens with one attached hydrogen (secondary N) is 2. The average Bonchev–Trinajstić information content (AvgIpc) is 2.56. The Morgan fingerprint density at radius 2 is 2.09 bits per heavy atom. The number of benzene rings is 1. The van der Waals surface area contributed by atoms with E-state index in [0.29, 0.717) is 12.3 Å². The molecule has 0 aromatic heterocycles. The lowest BCUT2D eigenvalue weighted by Gasteiger charge is -2.13. The highest BCUT2D eigenvalue weighted by Gasteiger charge is 2.05. The SMILES string of the molecule is CCCCNC(=NC)NCc1cccc(OCC(=O)N(C)C)c1. The smallest absolute Gasteiger partial charge is 0.259 e. The van der Waals surface area contributed by atoms with Crippen LogP contribution >= 0.6 is 0 Å². The summed E-state index contributed by atoms with van der Waals surface area (Å²) in [5, 5.41) is 6.53. The molecule has 1 aromatic carbocycles. The van der Waals surface area contributed by atoms with Gasteiger partial charge in [0.05, 0.1) is 0 Å². The molecule has 0 saturated heterocycles. The van der Waals surface area contributed by atoms with Gasteiger partial charge in [-0.25, -0.2) is 0 Å². The van der Waals surface area contributed by atoms with Crippen molar-refractivity contribution in [3.8, 4) is 5.75 Å². The molecule has 0 bridgehead atoms. The minimum absolute atomic E-state index is 0.0458. The second-order valence-corrected chi connectivity index (χ2v) is 5.43. The number of carbonyl (C=O) groups excluding carboxylic acids is 1. The van der Waals surface area contributed by atoms with Crippen LogP contribution < -0.4 is 15.4 Å². The second-order valence-electron chi connectivity index (χ2n) is 5.43. The second kappa shape index (κ2) is 10.5. The van der Waals surface area contributed by atoms with Crippen LogP contribution in [0.2, 0.25) is 0 Å². The van der Waals surface area contributed by atoms with Crippen molar-refractivity contribution in [3.63, 3.8) is 0 Å². The maximum absolute atomic E-state index is 11.5. The van der Waals surface area contributed by atoms with Crippen molar-refractivity contribution in [2.45, 2.75) is 26.3 Å². The summed E-state index contributed by atoms with van der Waals surface area (Å²) >= 11 is 0. The van der Waals surface area contributed by atoms with E-state index in [-0.39, 0.29) is 12.5 Å². The number of rotatable bonds is 8. The Morgan fingerprint density at radius 1 is 1.30 bits per heavy atom. The molecular weight excluding hydrogens is 292 g/mol. The van der Waals surface area contributed by atoms with E-state index in [4.69, 9.17) is 4.74 Å². The van der Waals surface area contributed by atoms with Gasteiger partial charge in [-0.3, -0.25) is 9.79 Å². The van der Waals surface area contributed by atoms with E-state index in [0.717, 1.165) is 30.9 Å². The molecule has 6 nitrogen and oxygen atoms in total. The minimum atomic E-state index is -0.0611. The third-order valence-electron chi connectivity index (χ3n) is 3.27. The van der Waals surface area contributed by atoms with Crippen LogP contribution in [0.5, 0.6) is 5.75 Å². The number of nitrogens with zero attached hydrogens (tertiary/aromatic N) is 2. The summed E-state index contributed by atoms with van der Waals surface area (Å²) in [7, 11) is 5.18. The van der Waals surface area contributed by atoms with E-state index < -0.39 is 0 Å². The molecule has 1 rings (SSSR count). The number of ether oxygens (including phenoxy) is 1. The van der Waals surface area contributed by atoms with E-state index in [2.05, 4.69) is 22.5 Å². The third-order valence-corrected chi connectivity index (χ3v) is 3.27. The number of amides is 1. The number of likely N-dealkylation sites (N-methyl/N-ethyl adjacent to an activating group) is 1. The topological polar surface area (TPSA) is 66.0 Å². The van der Waals surface area contributed by atoms with Crippen LogP contribution in [0.4, 0.5) is 0 Å². The summed E-state index contributed by atoms with van der Waals surface area (Å²) in [6, 6.07) is 7.70. The summed E-state index contributed by atoms with van der Waals surface area (Å²) in [6.07, 6.45) is 2.26. The van der Waals surface area contributed by atoms with Crippen molar-refractivity contribution in [2.75, 3.05) is 34.3 Å². The fraction of sp³-hybridized carbons (Fsp3) is 0.529. The van der Waals surface area contributed by atoms with Crippen LogP contribution in [0.1, 0.15) is 25.3 Å². The molecule has 0 heterocycles. The van der Waals surface area contributed by atoms with Crippen LogP contribution in [0.25, 0.3) is 0 Å². The fourth-order valence-electron chi connectivity index (χ4n) is 1.81. The maximum Gasteiger partial charge on any atom is 0.259 e. The lowest BCUT2D eigenvalue weighted by Crippen LogP contribution is -2.37. The Labute approximate surface area is 138 Å². The Kier molecular flexibility index (Phi) is 8.57. The number of aliphatic imine (C=N–C) groups is 1. The zero-order chi connectivity index (χ0) is 17.1. The summed E-state index contributed by atoms with van der Waals surface area (Å²) in [5.74, 6) is 1.41. The first kappa shape index (κ1) is 18.8. The normalized spacial score (nSPS) is 11.0. The first-order valence-electron chi connectivity index (χ1n) is 7.93. The van der Waals surface area contributed by atoms with Crippen LogP contribution in [-0.4, -0.2) is 51.1 Å². The van der Waals surface area contributed by atoms with Crippen LogP contribution in [0, 0.1) is 0 Å². The van der Waals surface area contributed by atoms with Crippen molar-refractivity contribution >= 4 is 11.9 Å². The number of guanidine groups is 1. The lowest BCUT2D eigenvalue weighted by atomic mass is 10.2. The van der Waals surface area contributed by atoms with Gasteiger partial charge >= 0.3 is 0 Å².